The average Bonchev–Trinajstić information content (AvgIpc) is 2.59. The van der Waals surface area contributed by atoms with E-state index in [2.05, 4.69) is 31.4 Å². The zero-order chi connectivity index (χ0) is 10.8. The Morgan fingerprint density at radius 2 is 2.20 bits per heavy atom. The van der Waals surface area contributed by atoms with E-state index in [0.29, 0.717) is 0 Å². The second-order valence-corrected chi connectivity index (χ2v) is 3.80. The van der Waals surface area contributed by atoms with Gasteiger partial charge in [-0.15, -0.1) is 0 Å². The van der Waals surface area contributed by atoms with Crippen LogP contribution in [0.3, 0.4) is 0 Å². The molecule has 2 rings (SSSR count). The third kappa shape index (κ3) is 2.10. The molecule has 15 heavy (non-hydrogen) atoms. The molecule has 0 saturated carbocycles. The fraction of sp³-hybridized carbons (Fsp3) is 0.111. The topological polar surface area (TPSA) is 77.0 Å². The Kier molecular flexibility index (Phi) is 2.59. The lowest BCUT2D eigenvalue weighted by Gasteiger charge is -2.05. The van der Waals surface area contributed by atoms with Crippen LogP contribution < -0.4 is 11.1 Å². The smallest absolute Gasteiger partial charge is 0.321 e. The number of aryl methyl sites for hydroxylation is 1. The molecule has 2 aromatic rings. The lowest BCUT2D eigenvalue weighted by Crippen LogP contribution is -1.92. The summed E-state index contributed by atoms with van der Waals surface area (Å²) in [7, 11) is 0. The summed E-state index contributed by atoms with van der Waals surface area (Å²) in [5, 5.41) is 10.2. The first-order valence-corrected chi connectivity index (χ1v) is 5.07. The zero-order valence-corrected chi connectivity index (χ0v) is 9.58. The van der Waals surface area contributed by atoms with Crippen LogP contribution >= 0.6 is 15.9 Å². The van der Waals surface area contributed by atoms with E-state index in [0.717, 1.165) is 15.7 Å². The van der Waals surface area contributed by atoms with Crippen molar-refractivity contribution in [1.82, 2.24) is 10.2 Å². The Bertz CT molecular complexity index is 483. The van der Waals surface area contributed by atoms with Gasteiger partial charge in [-0.1, -0.05) is 22.3 Å². The summed E-state index contributed by atoms with van der Waals surface area (Å²) in [6.07, 6.45) is 0. The second-order valence-electron chi connectivity index (χ2n) is 3.01. The number of halogens is 1. The number of hydrogen-bond donors (Lipinski definition) is 2. The number of hydrogen-bond acceptors (Lipinski definition) is 5. The molecule has 1 aromatic carbocycles. The lowest BCUT2D eigenvalue weighted by atomic mass is 10.2. The largest absolute Gasteiger partial charge is 0.389 e. The molecule has 0 amide bonds. The molecule has 0 atom stereocenters. The van der Waals surface area contributed by atoms with Crippen LogP contribution in [0.25, 0.3) is 0 Å². The molecule has 0 unspecified atom stereocenters. The van der Waals surface area contributed by atoms with Crippen molar-refractivity contribution in [2.45, 2.75) is 6.92 Å². The molecule has 0 aliphatic rings. The van der Waals surface area contributed by atoms with E-state index in [-0.39, 0.29) is 12.0 Å². The van der Waals surface area contributed by atoms with Crippen LogP contribution in [0.4, 0.5) is 17.7 Å². The van der Waals surface area contributed by atoms with Crippen LogP contribution in [0.1, 0.15) is 5.56 Å². The third-order valence-corrected chi connectivity index (χ3v) is 2.93. The molecule has 0 radical (unpaired) electrons. The standard InChI is InChI=1S/C9H9BrN4O/c1-5-3-2-4-6(7(5)10)12-9-14-13-8(11)15-9/h2-4H,1H3,(H2,11,13)(H,12,14). The van der Waals surface area contributed by atoms with Gasteiger partial charge in [-0.25, -0.2) is 0 Å². The molecule has 0 spiro atoms. The highest BCUT2D eigenvalue weighted by molar-refractivity contribution is 9.10. The fourth-order valence-electron chi connectivity index (χ4n) is 1.14. The number of nitrogens with zero attached hydrogens (tertiary/aromatic N) is 2. The molecule has 0 bridgehead atoms. The van der Waals surface area contributed by atoms with Gasteiger partial charge in [-0.2, -0.15) is 0 Å². The fourth-order valence-corrected chi connectivity index (χ4v) is 1.51. The number of benzene rings is 1. The Morgan fingerprint density at radius 1 is 1.40 bits per heavy atom. The average molecular weight is 269 g/mol. The van der Waals surface area contributed by atoms with Crippen molar-refractivity contribution in [1.29, 1.82) is 0 Å². The maximum absolute atomic E-state index is 5.31. The lowest BCUT2D eigenvalue weighted by molar-refractivity contribution is 0.593. The van der Waals surface area contributed by atoms with E-state index in [1.54, 1.807) is 0 Å². The van der Waals surface area contributed by atoms with E-state index in [9.17, 15) is 0 Å². The van der Waals surface area contributed by atoms with Crippen LogP contribution in [0, 0.1) is 6.92 Å². The number of nitrogens with two attached hydrogens (primary N) is 1. The van der Waals surface area contributed by atoms with E-state index in [1.807, 2.05) is 25.1 Å². The third-order valence-electron chi connectivity index (χ3n) is 1.87. The number of rotatable bonds is 2. The highest BCUT2D eigenvalue weighted by atomic mass is 79.9. The molecular formula is C9H9BrN4O. The molecule has 78 valence electrons. The Hall–Kier alpha value is -1.56. The molecule has 0 aliphatic heterocycles. The van der Waals surface area contributed by atoms with Gasteiger partial charge in [-0.05, 0) is 34.5 Å². The van der Waals surface area contributed by atoms with Crippen LogP contribution in [0.15, 0.2) is 27.1 Å². The van der Waals surface area contributed by atoms with Crippen LogP contribution in [0.5, 0.6) is 0 Å². The maximum atomic E-state index is 5.31. The normalized spacial score (nSPS) is 10.3. The van der Waals surface area contributed by atoms with Gasteiger partial charge in [0.05, 0.1) is 5.69 Å². The molecule has 5 nitrogen and oxygen atoms in total. The molecule has 0 fully saturated rings. The van der Waals surface area contributed by atoms with Gasteiger partial charge in [0.2, 0.25) is 0 Å². The maximum Gasteiger partial charge on any atom is 0.321 e. The van der Waals surface area contributed by atoms with Gasteiger partial charge in [-0.3, -0.25) is 0 Å². The molecule has 6 heteroatoms. The van der Waals surface area contributed by atoms with Crippen molar-refractivity contribution in [3.8, 4) is 0 Å². The number of anilines is 3. The van der Waals surface area contributed by atoms with Crippen molar-refractivity contribution >= 4 is 33.6 Å². The van der Waals surface area contributed by atoms with Crippen molar-refractivity contribution in [2.75, 3.05) is 11.1 Å². The van der Waals surface area contributed by atoms with E-state index < -0.39 is 0 Å². The minimum Gasteiger partial charge on any atom is -0.389 e. The summed E-state index contributed by atoms with van der Waals surface area (Å²) in [5.41, 5.74) is 7.29. The van der Waals surface area contributed by atoms with E-state index in [1.165, 1.54) is 0 Å². The first kappa shape index (κ1) is 9.97. The Labute approximate surface area is 94.8 Å². The molecule has 0 aliphatic carbocycles. The van der Waals surface area contributed by atoms with Crippen LogP contribution in [-0.4, -0.2) is 10.2 Å². The van der Waals surface area contributed by atoms with Crippen LogP contribution in [0.2, 0.25) is 0 Å². The van der Waals surface area contributed by atoms with Gasteiger partial charge in [0.15, 0.2) is 0 Å². The summed E-state index contributed by atoms with van der Waals surface area (Å²) in [5.74, 6) is 0. The Morgan fingerprint density at radius 3 is 2.87 bits per heavy atom. The first-order chi connectivity index (χ1) is 7.16. The highest BCUT2D eigenvalue weighted by Gasteiger charge is 2.06. The van der Waals surface area contributed by atoms with Crippen molar-refractivity contribution in [2.24, 2.45) is 0 Å². The van der Waals surface area contributed by atoms with Gasteiger partial charge in [0.1, 0.15) is 0 Å². The molecular weight excluding hydrogens is 260 g/mol. The van der Waals surface area contributed by atoms with E-state index in [4.69, 9.17) is 10.2 Å². The second kappa shape index (κ2) is 3.90. The molecule has 1 aromatic heterocycles. The molecule has 1 heterocycles. The van der Waals surface area contributed by atoms with E-state index >= 15 is 0 Å². The minimum absolute atomic E-state index is 0.0428. The predicted octanol–water partition coefficient (Wildman–Crippen LogP) is 2.47. The number of nitrogens with one attached hydrogen (secondary N) is 1. The Balaban J connectivity index is 2.28. The number of nitrogen functional groups attached to an aromatic ring is 1. The summed E-state index contributed by atoms with van der Waals surface area (Å²) >= 11 is 3.46. The van der Waals surface area contributed by atoms with Crippen molar-refractivity contribution in [3.05, 3.63) is 28.2 Å². The summed E-state index contributed by atoms with van der Waals surface area (Å²) < 4.78 is 5.97. The monoisotopic (exact) mass is 268 g/mol. The summed E-state index contributed by atoms with van der Waals surface area (Å²) in [6, 6.07) is 6.15. The predicted molar refractivity (Wildman–Crippen MR) is 60.9 cm³/mol. The number of aromatic nitrogens is 2. The van der Waals surface area contributed by atoms with Gasteiger partial charge in [0, 0.05) is 4.47 Å². The first-order valence-electron chi connectivity index (χ1n) is 4.28. The molecule has 3 N–H and O–H groups in total. The van der Waals surface area contributed by atoms with Crippen molar-refractivity contribution in [3.63, 3.8) is 0 Å². The highest BCUT2D eigenvalue weighted by Crippen LogP contribution is 2.28. The summed E-state index contributed by atoms with van der Waals surface area (Å²) in [4.78, 5) is 0. The minimum atomic E-state index is 0.0428. The quantitative estimate of drug-likeness (QED) is 0.875. The summed E-state index contributed by atoms with van der Waals surface area (Å²) in [6.45, 7) is 2.00. The zero-order valence-electron chi connectivity index (χ0n) is 7.99. The SMILES string of the molecule is Cc1cccc(Nc2nnc(N)o2)c1Br. The van der Waals surface area contributed by atoms with Gasteiger partial charge in [0.25, 0.3) is 0 Å². The molecule has 0 saturated heterocycles. The van der Waals surface area contributed by atoms with Gasteiger partial charge >= 0.3 is 12.0 Å². The van der Waals surface area contributed by atoms with Crippen molar-refractivity contribution < 1.29 is 4.42 Å². The van der Waals surface area contributed by atoms with Gasteiger partial charge < -0.3 is 15.5 Å². The van der Waals surface area contributed by atoms with Crippen LogP contribution in [-0.2, 0) is 0 Å².